The second-order valence-corrected chi connectivity index (χ2v) is 4.95. The molecule has 0 fully saturated rings. The van der Waals surface area contributed by atoms with Crippen molar-refractivity contribution in [2.75, 3.05) is 33.0 Å². The van der Waals surface area contributed by atoms with Crippen LogP contribution in [0.1, 0.15) is 30.4 Å². The number of amides is 1. The second kappa shape index (κ2) is 6.58. The molecule has 0 aromatic carbocycles. The maximum Gasteiger partial charge on any atom is 0.270 e. The molecule has 1 amide bonds. The number of anilines is 1. The van der Waals surface area contributed by atoms with Crippen molar-refractivity contribution in [3.63, 3.8) is 0 Å². The Balaban J connectivity index is 2.82. The molecule has 108 valence electrons. The molecule has 6 heteroatoms. The van der Waals surface area contributed by atoms with Crippen LogP contribution in [0, 0.1) is 0 Å². The van der Waals surface area contributed by atoms with Gasteiger partial charge in [0.2, 0.25) is 0 Å². The molecule has 1 atom stereocenters. The number of likely N-dealkylation sites (N-methyl/N-ethyl adjacent to an activating group) is 1. The van der Waals surface area contributed by atoms with E-state index in [1.165, 1.54) is 12.0 Å². The van der Waals surface area contributed by atoms with Crippen LogP contribution in [0.3, 0.4) is 0 Å². The summed E-state index contributed by atoms with van der Waals surface area (Å²) in [5.41, 5.74) is 6.83. The van der Waals surface area contributed by atoms with Gasteiger partial charge in [0.05, 0.1) is 18.4 Å². The minimum atomic E-state index is -0.696. The summed E-state index contributed by atoms with van der Waals surface area (Å²) in [6.07, 6.45) is 1.05. The van der Waals surface area contributed by atoms with E-state index in [1.54, 1.807) is 19.3 Å². The number of rotatable bonds is 6. The lowest BCUT2D eigenvalue weighted by Gasteiger charge is -2.22. The van der Waals surface area contributed by atoms with E-state index in [9.17, 15) is 9.90 Å². The number of nitrogen functional groups attached to an aromatic ring is 1. The monoisotopic (exact) mass is 269 g/mol. The molecule has 3 N–H and O–H groups in total. The topological polar surface area (TPSA) is 80.7 Å². The normalized spacial score (nSPS) is 12.7. The van der Waals surface area contributed by atoms with Crippen molar-refractivity contribution >= 4 is 11.6 Å². The third-order valence-corrected chi connectivity index (χ3v) is 2.84. The first-order chi connectivity index (χ1) is 8.86. The number of nitrogens with zero attached hydrogens (tertiary/aromatic N) is 2. The summed E-state index contributed by atoms with van der Waals surface area (Å²) in [5, 5.41) is 9.65. The molecule has 0 radical (unpaired) electrons. The number of aliphatic hydroxyl groups excluding tert-OH is 1. The fourth-order valence-electron chi connectivity index (χ4n) is 1.94. The number of ether oxygens (including phenoxy) is 1. The zero-order valence-electron chi connectivity index (χ0n) is 12.0. The fourth-order valence-corrected chi connectivity index (χ4v) is 1.94. The summed E-state index contributed by atoms with van der Waals surface area (Å²) >= 11 is 0. The Kier molecular flexibility index (Phi) is 5.38. The molecule has 1 heterocycles. The van der Waals surface area contributed by atoms with E-state index in [0.29, 0.717) is 11.4 Å². The van der Waals surface area contributed by atoms with Gasteiger partial charge < -0.3 is 25.0 Å². The molecule has 0 aliphatic heterocycles. The average Bonchev–Trinajstić information content (AvgIpc) is 2.70. The van der Waals surface area contributed by atoms with Crippen molar-refractivity contribution in [3.8, 4) is 0 Å². The fraction of sp³-hybridized carbons (Fsp3) is 0.615. The van der Waals surface area contributed by atoms with Crippen LogP contribution in [-0.4, -0.2) is 53.9 Å². The Morgan fingerprint density at radius 3 is 2.74 bits per heavy atom. The molecular weight excluding hydrogens is 246 g/mol. The van der Waals surface area contributed by atoms with Crippen LogP contribution in [0.15, 0.2) is 12.3 Å². The summed E-state index contributed by atoms with van der Waals surface area (Å²) in [7, 11) is 3.16. The van der Waals surface area contributed by atoms with Crippen molar-refractivity contribution in [3.05, 3.63) is 18.0 Å². The molecule has 1 aromatic heterocycles. The summed E-state index contributed by atoms with van der Waals surface area (Å²) in [6, 6.07) is 1.80. The first kappa shape index (κ1) is 15.5. The second-order valence-electron chi connectivity index (χ2n) is 4.95. The van der Waals surface area contributed by atoms with E-state index in [2.05, 4.69) is 0 Å². The zero-order valence-corrected chi connectivity index (χ0v) is 12.0. The van der Waals surface area contributed by atoms with E-state index < -0.39 is 6.10 Å². The smallest absolute Gasteiger partial charge is 0.270 e. The number of methoxy groups -OCH3 is 1. The maximum absolute atomic E-state index is 12.3. The quantitative estimate of drug-likeness (QED) is 0.798. The van der Waals surface area contributed by atoms with Crippen LogP contribution < -0.4 is 5.73 Å². The van der Waals surface area contributed by atoms with Crippen LogP contribution in [0.2, 0.25) is 0 Å². The van der Waals surface area contributed by atoms with Gasteiger partial charge in [-0.3, -0.25) is 4.79 Å². The molecule has 0 aliphatic rings. The van der Waals surface area contributed by atoms with E-state index in [1.807, 2.05) is 18.4 Å². The Hall–Kier alpha value is -1.53. The van der Waals surface area contributed by atoms with Crippen molar-refractivity contribution < 1.29 is 14.6 Å². The highest BCUT2D eigenvalue weighted by Crippen LogP contribution is 2.17. The van der Waals surface area contributed by atoms with Crippen LogP contribution >= 0.6 is 0 Å². The summed E-state index contributed by atoms with van der Waals surface area (Å²) in [5.74, 6) is -0.166. The number of aromatic nitrogens is 1. The Morgan fingerprint density at radius 2 is 2.21 bits per heavy atom. The number of nitrogens with two attached hydrogens (primary N) is 1. The molecule has 0 saturated heterocycles. The standard InChI is InChI=1S/C13H23N3O3/c1-9(2)16-6-10(14)5-12(16)13(18)15(3)7-11(17)8-19-4/h5-6,9,11,17H,7-8,14H2,1-4H3. The molecule has 19 heavy (non-hydrogen) atoms. The minimum absolute atomic E-state index is 0.147. The lowest BCUT2D eigenvalue weighted by molar-refractivity contribution is 0.0375. The van der Waals surface area contributed by atoms with Crippen LogP contribution in [-0.2, 0) is 4.74 Å². The van der Waals surface area contributed by atoms with Gasteiger partial charge in [-0.05, 0) is 19.9 Å². The minimum Gasteiger partial charge on any atom is -0.397 e. The van der Waals surface area contributed by atoms with Crippen molar-refractivity contribution in [1.29, 1.82) is 0 Å². The summed E-state index contributed by atoms with van der Waals surface area (Å²) < 4.78 is 6.67. The molecule has 6 nitrogen and oxygen atoms in total. The number of carbonyl (C=O) groups is 1. The third-order valence-electron chi connectivity index (χ3n) is 2.84. The van der Waals surface area contributed by atoms with Crippen LogP contribution in [0.4, 0.5) is 5.69 Å². The van der Waals surface area contributed by atoms with Gasteiger partial charge in [-0.15, -0.1) is 0 Å². The largest absolute Gasteiger partial charge is 0.397 e. The molecule has 0 spiro atoms. The summed E-state index contributed by atoms with van der Waals surface area (Å²) in [6.45, 7) is 4.38. The van der Waals surface area contributed by atoms with Gasteiger partial charge in [0, 0.05) is 32.9 Å². The number of carbonyl (C=O) groups excluding carboxylic acids is 1. The predicted octanol–water partition coefficient (Wildman–Crippen LogP) is 0.730. The van der Waals surface area contributed by atoms with E-state index >= 15 is 0 Å². The van der Waals surface area contributed by atoms with Crippen molar-refractivity contribution in [2.24, 2.45) is 0 Å². The lowest BCUT2D eigenvalue weighted by atomic mass is 10.3. The highest BCUT2D eigenvalue weighted by atomic mass is 16.5. The molecule has 0 aliphatic carbocycles. The Morgan fingerprint density at radius 1 is 1.58 bits per heavy atom. The lowest BCUT2D eigenvalue weighted by Crippen LogP contribution is -2.37. The Bertz CT molecular complexity index is 429. The van der Waals surface area contributed by atoms with Gasteiger partial charge in [0.15, 0.2) is 0 Å². The SMILES string of the molecule is COCC(O)CN(C)C(=O)c1cc(N)cn1C(C)C. The van der Waals surface area contributed by atoms with E-state index in [0.717, 1.165) is 0 Å². The molecule has 1 aromatic rings. The molecule has 1 unspecified atom stereocenters. The Labute approximate surface area is 113 Å². The highest BCUT2D eigenvalue weighted by molar-refractivity contribution is 5.93. The average molecular weight is 269 g/mol. The zero-order chi connectivity index (χ0) is 14.6. The first-order valence-electron chi connectivity index (χ1n) is 6.26. The molecule has 0 bridgehead atoms. The molecule has 0 saturated carbocycles. The van der Waals surface area contributed by atoms with E-state index in [-0.39, 0.29) is 25.1 Å². The van der Waals surface area contributed by atoms with E-state index in [4.69, 9.17) is 10.5 Å². The molecule has 1 rings (SSSR count). The van der Waals surface area contributed by atoms with Gasteiger partial charge in [-0.2, -0.15) is 0 Å². The van der Waals surface area contributed by atoms with Gasteiger partial charge in [0.1, 0.15) is 5.69 Å². The first-order valence-corrected chi connectivity index (χ1v) is 6.26. The maximum atomic E-state index is 12.3. The van der Waals surface area contributed by atoms with Gasteiger partial charge in [-0.1, -0.05) is 0 Å². The van der Waals surface area contributed by atoms with Crippen molar-refractivity contribution in [1.82, 2.24) is 9.47 Å². The molecular formula is C13H23N3O3. The predicted molar refractivity (Wildman–Crippen MR) is 74.1 cm³/mol. The van der Waals surface area contributed by atoms with Crippen LogP contribution in [0.5, 0.6) is 0 Å². The van der Waals surface area contributed by atoms with Crippen LogP contribution in [0.25, 0.3) is 0 Å². The number of hydrogen-bond acceptors (Lipinski definition) is 4. The van der Waals surface area contributed by atoms with Gasteiger partial charge in [-0.25, -0.2) is 0 Å². The summed E-state index contributed by atoms with van der Waals surface area (Å²) in [4.78, 5) is 13.8. The van der Waals surface area contributed by atoms with Crippen molar-refractivity contribution in [2.45, 2.75) is 26.0 Å². The number of hydrogen-bond donors (Lipinski definition) is 2. The van der Waals surface area contributed by atoms with Gasteiger partial charge >= 0.3 is 0 Å². The third kappa shape index (κ3) is 3.97. The van der Waals surface area contributed by atoms with Gasteiger partial charge in [0.25, 0.3) is 5.91 Å². The number of aliphatic hydroxyl groups is 1. The highest BCUT2D eigenvalue weighted by Gasteiger charge is 2.20.